The molecular formula is C11H20O4. The molecule has 1 aliphatic rings. The van der Waals surface area contributed by atoms with Crippen LogP contribution >= 0.6 is 0 Å². The van der Waals surface area contributed by atoms with Gasteiger partial charge in [0.1, 0.15) is 0 Å². The maximum atomic E-state index is 11.3. The highest BCUT2D eigenvalue weighted by Gasteiger charge is 2.33. The number of hydrogen-bond donors (Lipinski definition) is 1. The van der Waals surface area contributed by atoms with E-state index in [0.29, 0.717) is 6.42 Å². The van der Waals surface area contributed by atoms with Crippen molar-refractivity contribution in [2.75, 3.05) is 7.11 Å². The summed E-state index contributed by atoms with van der Waals surface area (Å²) in [4.78, 5) is 11.3. The number of carbonyl (C=O) groups excluding carboxylic acids is 1. The first-order chi connectivity index (χ1) is 7.04. The third-order valence-corrected chi connectivity index (χ3v) is 2.88. The van der Waals surface area contributed by atoms with Crippen molar-refractivity contribution < 1.29 is 19.4 Å². The number of aliphatic hydroxyl groups is 1. The van der Waals surface area contributed by atoms with E-state index in [1.165, 1.54) is 7.11 Å². The van der Waals surface area contributed by atoms with Gasteiger partial charge in [0.15, 0.2) is 0 Å². The van der Waals surface area contributed by atoms with Crippen molar-refractivity contribution in [1.82, 2.24) is 0 Å². The molecule has 0 saturated carbocycles. The molecule has 1 aliphatic heterocycles. The van der Waals surface area contributed by atoms with Crippen LogP contribution in [0.2, 0.25) is 0 Å². The number of esters is 1. The summed E-state index contributed by atoms with van der Waals surface area (Å²) in [5.41, 5.74) is 0. The summed E-state index contributed by atoms with van der Waals surface area (Å²) in [6, 6.07) is 0. The Labute approximate surface area is 90.6 Å². The Morgan fingerprint density at radius 2 is 2.20 bits per heavy atom. The van der Waals surface area contributed by atoms with Gasteiger partial charge in [-0.3, -0.25) is 4.79 Å². The molecule has 0 amide bonds. The first-order valence-corrected chi connectivity index (χ1v) is 5.46. The molecule has 1 heterocycles. The molecule has 0 unspecified atom stereocenters. The number of rotatable bonds is 4. The quantitative estimate of drug-likeness (QED) is 0.715. The van der Waals surface area contributed by atoms with E-state index in [1.54, 1.807) is 6.92 Å². The average Bonchev–Trinajstić information content (AvgIpc) is 2.63. The largest absolute Gasteiger partial charge is 0.469 e. The third-order valence-electron chi connectivity index (χ3n) is 2.88. The normalized spacial score (nSPS) is 29.9. The molecule has 0 aromatic heterocycles. The van der Waals surface area contributed by atoms with Crippen LogP contribution in [0.25, 0.3) is 0 Å². The number of carbonyl (C=O) groups is 1. The molecular weight excluding hydrogens is 196 g/mol. The first kappa shape index (κ1) is 12.5. The average molecular weight is 216 g/mol. The first-order valence-electron chi connectivity index (χ1n) is 5.46. The fourth-order valence-electron chi connectivity index (χ4n) is 1.99. The van der Waals surface area contributed by atoms with E-state index < -0.39 is 0 Å². The van der Waals surface area contributed by atoms with E-state index in [2.05, 4.69) is 4.74 Å². The van der Waals surface area contributed by atoms with Crippen molar-refractivity contribution in [3.8, 4) is 0 Å². The minimum absolute atomic E-state index is 0.0544. The Morgan fingerprint density at radius 3 is 2.73 bits per heavy atom. The highest BCUT2D eigenvalue weighted by atomic mass is 16.5. The fraction of sp³-hybridized carbons (Fsp3) is 0.909. The van der Waals surface area contributed by atoms with Gasteiger partial charge in [-0.1, -0.05) is 0 Å². The van der Waals surface area contributed by atoms with Gasteiger partial charge < -0.3 is 14.6 Å². The van der Waals surface area contributed by atoms with Crippen molar-refractivity contribution >= 4 is 5.97 Å². The van der Waals surface area contributed by atoms with E-state index >= 15 is 0 Å². The van der Waals surface area contributed by atoms with Gasteiger partial charge in [0, 0.05) is 0 Å². The molecule has 0 aliphatic carbocycles. The molecule has 0 aromatic carbocycles. The van der Waals surface area contributed by atoms with Gasteiger partial charge in [0.05, 0.1) is 31.3 Å². The standard InChI is InChI=1S/C11H20O4/c1-7(12)6-9-4-5-10(15-9)8(2)11(13)14-3/h7-10,12H,4-6H2,1-3H3/t7-,8+,9+,10-/m0/s1. The van der Waals surface area contributed by atoms with E-state index in [4.69, 9.17) is 4.74 Å². The number of aliphatic hydroxyl groups excluding tert-OH is 1. The molecule has 0 bridgehead atoms. The summed E-state index contributed by atoms with van der Waals surface area (Å²) in [5, 5.41) is 9.22. The Balaban J connectivity index is 2.38. The Hall–Kier alpha value is -0.610. The van der Waals surface area contributed by atoms with Crippen molar-refractivity contribution in [2.24, 2.45) is 5.92 Å². The number of ether oxygens (including phenoxy) is 2. The third kappa shape index (κ3) is 3.47. The predicted molar refractivity (Wildman–Crippen MR) is 55.4 cm³/mol. The minimum Gasteiger partial charge on any atom is -0.469 e. The van der Waals surface area contributed by atoms with Crippen LogP contribution in [0.1, 0.15) is 33.1 Å². The lowest BCUT2D eigenvalue weighted by Gasteiger charge is -2.18. The maximum Gasteiger partial charge on any atom is 0.311 e. The lowest BCUT2D eigenvalue weighted by atomic mass is 10.0. The van der Waals surface area contributed by atoms with E-state index in [-0.39, 0.29) is 30.2 Å². The second-order valence-electron chi connectivity index (χ2n) is 4.27. The van der Waals surface area contributed by atoms with Crippen LogP contribution in [0.5, 0.6) is 0 Å². The topological polar surface area (TPSA) is 55.8 Å². The van der Waals surface area contributed by atoms with Crippen LogP contribution in [0.4, 0.5) is 0 Å². The summed E-state index contributed by atoms with van der Waals surface area (Å²) < 4.78 is 10.4. The molecule has 1 fully saturated rings. The maximum absolute atomic E-state index is 11.3. The van der Waals surface area contributed by atoms with E-state index in [9.17, 15) is 9.90 Å². The van der Waals surface area contributed by atoms with Crippen LogP contribution in [0.3, 0.4) is 0 Å². The summed E-state index contributed by atoms with van der Waals surface area (Å²) in [5.74, 6) is -0.438. The van der Waals surface area contributed by atoms with Gasteiger partial charge in [-0.15, -0.1) is 0 Å². The molecule has 1 saturated heterocycles. The van der Waals surface area contributed by atoms with Crippen LogP contribution < -0.4 is 0 Å². The Bertz CT molecular complexity index is 215. The molecule has 15 heavy (non-hydrogen) atoms. The van der Waals surface area contributed by atoms with Gasteiger partial charge in [-0.2, -0.15) is 0 Å². The molecule has 4 nitrogen and oxygen atoms in total. The zero-order valence-corrected chi connectivity index (χ0v) is 9.60. The van der Waals surface area contributed by atoms with Crippen LogP contribution in [-0.4, -0.2) is 36.5 Å². The number of hydrogen-bond acceptors (Lipinski definition) is 4. The monoisotopic (exact) mass is 216 g/mol. The second kappa shape index (κ2) is 5.47. The smallest absolute Gasteiger partial charge is 0.311 e. The van der Waals surface area contributed by atoms with Crippen LogP contribution in [0.15, 0.2) is 0 Å². The van der Waals surface area contributed by atoms with Gasteiger partial charge in [-0.05, 0) is 33.1 Å². The van der Waals surface area contributed by atoms with Crippen molar-refractivity contribution in [2.45, 2.75) is 51.4 Å². The van der Waals surface area contributed by atoms with Crippen molar-refractivity contribution in [3.63, 3.8) is 0 Å². The molecule has 88 valence electrons. The molecule has 4 heteroatoms. The molecule has 4 atom stereocenters. The molecule has 0 spiro atoms. The second-order valence-corrected chi connectivity index (χ2v) is 4.27. The minimum atomic E-state index is -0.345. The fourth-order valence-corrected chi connectivity index (χ4v) is 1.99. The molecule has 1 N–H and O–H groups in total. The lowest BCUT2D eigenvalue weighted by molar-refractivity contribution is -0.150. The summed E-state index contributed by atoms with van der Waals surface area (Å²) in [6.07, 6.45) is 2.11. The van der Waals surface area contributed by atoms with Gasteiger partial charge in [0.2, 0.25) is 0 Å². The molecule has 1 rings (SSSR count). The molecule has 0 radical (unpaired) electrons. The van der Waals surface area contributed by atoms with Crippen LogP contribution in [-0.2, 0) is 14.3 Å². The Kier molecular flexibility index (Phi) is 4.54. The highest BCUT2D eigenvalue weighted by molar-refractivity contribution is 5.72. The zero-order chi connectivity index (χ0) is 11.4. The van der Waals surface area contributed by atoms with E-state index in [1.807, 2.05) is 6.92 Å². The summed E-state index contributed by atoms with van der Waals surface area (Å²) in [7, 11) is 1.39. The highest BCUT2D eigenvalue weighted by Crippen LogP contribution is 2.28. The van der Waals surface area contributed by atoms with Gasteiger partial charge in [-0.25, -0.2) is 0 Å². The van der Waals surface area contributed by atoms with Crippen LogP contribution in [0, 0.1) is 5.92 Å². The van der Waals surface area contributed by atoms with Gasteiger partial charge >= 0.3 is 5.97 Å². The summed E-state index contributed by atoms with van der Waals surface area (Å²) in [6.45, 7) is 3.57. The summed E-state index contributed by atoms with van der Waals surface area (Å²) >= 11 is 0. The molecule has 0 aromatic rings. The predicted octanol–water partition coefficient (Wildman–Crippen LogP) is 1.11. The van der Waals surface area contributed by atoms with Crippen molar-refractivity contribution in [3.05, 3.63) is 0 Å². The van der Waals surface area contributed by atoms with Crippen molar-refractivity contribution in [1.29, 1.82) is 0 Å². The zero-order valence-electron chi connectivity index (χ0n) is 9.60. The van der Waals surface area contributed by atoms with Gasteiger partial charge in [0.25, 0.3) is 0 Å². The number of methoxy groups -OCH3 is 1. The Morgan fingerprint density at radius 1 is 1.53 bits per heavy atom. The lowest BCUT2D eigenvalue weighted by Crippen LogP contribution is -2.27. The SMILES string of the molecule is COC(=O)[C@H](C)[C@@H]1CC[C@H](C[C@H](C)O)O1. The van der Waals surface area contributed by atoms with E-state index in [0.717, 1.165) is 12.8 Å².